The van der Waals surface area contributed by atoms with Gasteiger partial charge in [0.05, 0.1) is 36.7 Å². The Morgan fingerprint density at radius 1 is 1.09 bits per heavy atom. The van der Waals surface area contributed by atoms with Crippen LogP contribution in [0.3, 0.4) is 0 Å². The fourth-order valence-corrected chi connectivity index (χ4v) is 4.14. The predicted octanol–water partition coefficient (Wildman–Crippen LogP) is 4.83. The van der Waals surface area contributed by atoms with Crippen molar-refractivity contribution in [1.82, 2.24) is 14.5 Å². The van der Waals surface area contributed by atoms with E-state index >= 15 is 0 Å². The first-order valence-corrected chi connectivity index (χ1v) is 11.5. The number of benzene rings is 2. The zero-order chi connectivity index (χ0) is 24.0. The van der Waals surface area contributed by atoms with Gasteiger partial charge in [0.25, 0.3) is 11.5 Å². The van der Waals surface area contributed by atoms with E-state index in [0.717, 1.165) is 12.8 Å². The highest BCUT2D eigenvalue weighted by atomic mass is 16.5. The molecule has 0 N–H and O–H groups in total. The molecule has 7 heteroatoms. The molecule has 176 valence electrons. The highest BCUT2D eigenvalue weighted by Crippen LogP contribution is 2.31. The summed E-state index contributed by atoms with van der Waals surface area (Å²) >= 11 is 0. The van der Waals surface area contributed by atoms with Crippen LogP contribution in [0.15, 0.2) is 47.3 Å². The molecule has 1 aromatic heterocycles. The van der Waals surface area contributed by atoms with Crippen molar-refractivity contribution in [2.75, 3.05) is 20.8 Å². The average Bonchev–Trinajstić information content (AvgIpc) is 2.85. The van der Waals surface area contributed by atoms with E-state index in [9.17, 15) is 9.59 Å². The van der Waals surface area contributed by atoms with Crippen LogP contribution < -0.4 is 15.0 Å². The third kappa shape index (κ3) is 4.87. The van der Waals surface area contributed by atoms with E-state index in [0.29, 0.717) is 53.3 Å². The van der Waals surface area contributed by atoms with Crippen LogP contribution in [0.1, 0.15) is 62.3 Å². The second kappa shape index (κ2) is 11.0. The van der Waals surface area contributed by atoms with Crippen LogP contribution in [0.2, 0.25) is 0 Å². The Morgan fingerprint density at radius 2 is 1.85 bits per heavy atom. The Balaban J connectivity index is 2.15. The van der Waals surface area contributed by atoms with Crippen molar-refractivity contribution in [3.63, 3.8) is 0 Å². The molecule has 0 saturated carbocycles. The van der Waals surface area contributed by atoms with Crippen LogP contribution in [0.5, 0.6) is 11.5 Å². The molecule has 0 radical (unpaired) electrons. The number of fused-ring (bicyclic) bond motifs is 1. The first kappa shape index (κ1) is 24.3. The zero-order valence-corrected chi connectivity index (χ0v) is 20.1. The molecular formula is C26H33N3O4. The molecule has 3 rings (SSSR count). The van der Waals surface area contributed by atoms with Crippen molar-refractivity contribution < 1.29 is 14.3 Å². The maximum absolute atomic E-state index is 13.8. The van der Waals surface area contributed by atoms with Gasteiger partial charge in [-0.3, -0.25) is 14.2 Å². The van der Waals surface area contributed by atoms with Gasteiger partial charge < -0.3 is 14.4 Å². The summed E-state index contributed by atoms with van der Waals surface area (Å²) in [5, 5.41) is 0.584. The predicted molar refractivity (Wildman–Crippen MR) is 130 cm³/mol. The fraction of sp³-hybridized carbons (Fsp3) is 0.423. The third-order valence-corrected chi connectivity index (χ3v) is 5.92. The molecule has 0 saturated heterocycles. The molecule has 7 nitrogen and oxygen atoms in total. The molecule has 1 atom stereocenters. The van der Waals surface area contributed by atoms with E-state index in [1.165, 1.54) is 0 Å². The smallest absolute Gasteiger partial charge is 0.261 e. The Kier molecular flexibility index (Phi) is 8.09. The van der Waals surface area contributed by atoms with Crippen molar-refractivity contribution in [3.05, 3.63) is 64.2 Å². The van der Waals surface area contributed by atoms with Gasteiger partial charge in [-0.05, 0) is 44.0 Å². The average molecular weight is 452 g/mol. The standard InChI is InChI=1S/C26H33N3O4/c1-6-9-16-29(26(31)20-15-14-18(32-4)17-23(20)33-5)22(7-2)24-27-21-13-11-10-12-19(21)25(30)28(24)8-3/h10-15,17,22H,6-9,16H2,1-5H3. The molecule has 3 aromatic rings. The van der Waals surface area contributed by atoms with Crippen molar-refractivity contribution >= 4 is 16.8 Å². The Bertz CT molecular complexity index is 1170. The summed E-state index contributed by atoms with van der Waals surface area (Å²) in [6, 6.07) is 12.2. The minimum atomic E-state index is -0.354. The Labute approximate surface area is 195 Å². The zero-order valence-electron chi connectivity index (χ0n) is 20.1. The minimum absolute atomic E-state index is 0.0820. The van der Waals surface area contributed by atoms with Crippen LogP contribution in [-0.4, -0.2) is 41.1 Å². The number of carbonyl (C=O) groups excluding carboxylic acids is 1. The van der Waals surface area contributed by atoms with Gasteiger partial charge in [-0.1, -0.05) is 32.4 Å². The normalized spacial score (nSPS) is 11.9. The van der Waals surface area contributed by atoms with Gasteiger partial charge in [-0.2, -0.15) is 0 Å². The summed E-state index contributed by atoms with van der Waals surface area (Å²) in [6.07, 6.45) is 2.40. The molecule has 0 aliphatic rings. The summed E-state index contributed by atoms with van der Waals surface area (Å²) in [5.74, 6) is 1.53. The molecule has 1 amide bonds. The number of unbranched alkanes of at least 4 members (excludes halogenated alkanes) is 1. The number of ether oxygens (including phenoxy) is 2. The number of para-hydroxylation sites is 1. The van der Waals surface area contributed by atoms with E-state index in [2.05, 4.69) is 6.92 Å². The van der Waals surface area contributed by atoms with Crippen LogP contribution in [0.25, 0.3) is 10.9 Å². The van der Waals surface area contributed by atoms with Crippen molar-refractivity contribution in [3.8, 4) is 11.5 Å². The van der Waals surface area contributed by atoms with Gasteiger partial charge in [-0.15, -0.1) is 0 Å². The molecule has 33 heavy (non-hydrogen) atoms. The summed E-state index contributed by atoms with van der Waals surface area (Å²) < 4.78 is 12.5. The van der Waals surface area contributed by atoms with E-state index in [1.807, 2.05) is 36.9 Å². The molecular weight excluding hydrogens is 418 g/mol. The molecule has 1 unspecified atom stereocenters. The number of nitrogens with zero attached hydrogens (tertiary/aromatic N) is 3. The molecule has 0 spiro atoms. The van der Waals surface area contributed by atoms with Gasteiger partial charge in [0.2, 0.25) is 0 Å². The number of aromatic nitrogens is 2. The van der Waals surface area contributed by atoms with Gasteiger partial charge >= 0.3 is 0 Å². The second-order valence-electron chi connectivity index (χ2n) is 7.88. The summed E-state index contributed by atoms with van der Waals surface area (Å²) in [5.41, 5.74) is 1.02. The quantitative estimate of drug-likeness (QED) is 0.442. The van der Waals surface area contributed by atoms with E-state index in [4.69, 9.17) is 14.5 Å². The summed E-state index contributed by atoms with van der Waals surface area (Å²) in [6.45, 7) is 7.07. The number of amides is 1. The third-order valence-electron chi connectivity index (χ3n) is 5.92. The number of methoxy groups -OCH3 is 2. The maximum atomic E-state index is 13.8. The van der Waals surface area contributed by atoms with Gasteiger partial charge in [0.15, 0.2) is 0 Å². The van der Waals surface area contributed by atoms with Crippen LogP contribution in [0, 0.1) is 0 Å². The van der Waals surface area contributed by atoms with Crippen molar-refractivity contribution in [1.29, 1.82) is 0 Å². The van der Waals surface area contributed by atoms with Crippen molar-refractivity contribution in [2.45, 2.75) is 52.6 Å². The molecule has 0 aliphatic heterocycles. The van der Waals surface area contributed by atoms with Gasteiger partial charge in [0.1, 0.15) is 17.3 Å². The molecule has 0 aliphatic carbocycles. The molecule has 2 aromatic carbocycles. The lowest BCUT2D eigenvalue weighted by Crippen LogP contribution is -2.39. The maximum Gasteiger partial charge on any atom is 0.261 e. The topological polar surface area (TPSA) is 73.7 Å². The van der Waals surface area contributed by atoms with E-state index in [-0.39, 0.29) is 17.5 Å². The highest BCUT2D eigenvalue weighted by Gasteiger charge is 2.30. The molecule has 1 heterocycles. The lowest BCUT2D eigenvalue weighted by molar-refractivity contribution is 0.0650. The SMILES string of the molecule is CCCCN(C(=O)c1ccc(OC)cc1OC)C(CC)c1nc2ccccc2c(=O)n1CC. The molecule has 0 fully saturated rings. The van der Waals surface area contributed by atoms with Crippen molar-refractivity contribution in [2.24, 2.45) is 0 Å². The highest BCUT2D eigenvalue weighted by molar-refractivity contribution is 5.97. The minimum Gasteiger partial charge on any atom is -0.497 e. The van der Waals surface area contributed by atoms with Gasteiger partial charge in [-0.25, -0.2) is 4.98 Å². The largest absolute Gasteiger partial charge is 0.497 e. The number of hydrogen-bond acceptors (Lipinski definition) is 5. The second-order valence-corrected chi connectivity index (χ2v) is 7.88. The number of hydrogen-bond donors (Lipinski definition) is 0. The van der Waals surface area contributed by atoms with Crippen LogP contribution >= 0.6 is 0 Å². The molecule has 0 bridgehead atoms. The fourth-order valence-electron chi connectivity index (χ4n) is 4.14. The lowest BCUT2D eigenvalue weighted by atomic mass is 10.1. The van der Waals surface area contributed by atoms with E-state index < -0.39 is 0 Å². The summed E-state index contributed by atoms with van der Waals surface area (Å²) in [7, 11) is 3.12. The monoisotopic (exact) mass is 451 g/mol. The van der Waals surface area contributed by atoms with Crippen LogP contribution in [0.4, 0.5) is 0 Å². The number of rotatable bonds is 10. The lowest BCUT2D eigenvalue weighted by Gasteiger charge is -2.32. The van der Waals surface area contributed by atoms with Gasteiger partial charge in [0, 0.05) is 19.2 Å². The Morgan fingerprint density at radius 3 is 2.48 bits per heavy atom. The first-order valence-electron chi connectivity index (χ1n) is 11.5. The van der Waals surface area contributed by atoms with Crippen LogP contribution in [-0.2, 0) is 6.54 Å². The first-order chi connectivity index (χ1) is 16.0. The Hall–Kier alpha value is -3.35. The summed E-state index contributed by atoms with van der Waals surface area (Å²) in [4.78, 5) is 33.8. The number of carbonyl (C=O) groups is 1. The van der Waals surface area contributed by atoms with E-state index in [1.54, 1.807) is 43.1 Å².